The zero-order valence-electron chi connectivity index (χ0n) is 17.7. The molecule has 1 aliphatic heterocycles. The van der Waals surface area contributed by atoms with Crippen LogP contribution in [0.2, 0.25) is 0 Å². The highest BCUT2D eigenvalue weighted by Gasteiger charge is 2.19. The summed E-state index contributed by atoms with van der Waals surface area (Å²) >= 11 is 0. The minimum absolute atomic E-state index is 0.107. The summed E-state index contributed by atoms with van der Waals surface area (Å²) in [5.41, 5.74) is 2.84. The highest BCUT2D eigenvalue weighted by molar-refractivity contribution is 5.95. The van der Waals surface area contributed by atoms with Crippen LogP contribution in [0.5, 0.6) is 17.2 Å². The first kappa shape index (κ1) is 20.8. The van der Waals surface area contributed by atoms with Crippen molar-refractivity contribution < 1.29 is 19.0 Å². The van der Waals surface area contributed by atoms with Gasteiger partial charge < -0.3 is 24.0 Å². The van der Waals surface area contributed by atoms with Gasteiger partial charge in [-0.3, -0.25) is 4.79 Å². The number of methoxy groups -OCH3 is 3. The molecule has 2 aromatic carbocycles. The molecule has 156 valence electrons. The molecule has 0 aromatic heterocycles. The van der Waals surface area contributed by atoms with Crippen molar-refractivity contribution in [2.24, 2.45) is 0 Å². The molecule has 1 heterocycles. The van der Waals surface area contributed by atoms with E-state index < -0.39 is 0 Å². The van der Waals surface area contributed by atoms with Gasteiger partial charge in [-0.2, -0.15) is 0 Å². The van der Waals surface area contributed by atoms with Crippen LogP contribution < -0.4 is 19.1 Å². The molecule has 0 atom stereocenters. The van der Waals surface area contributed by atoms with Crippen LogP contribution >= 0.6 is 0 Å². The number of hydrogen-bond donors (Lipinski definition) is 0. The maximum Gasteiger partial charge on any atom is 0.254 e. The van der Waals surface area contributed by atoms with E-state index in [4.69, 9.17) is 14.2 Å². The summed E-state index contributed by atoms with van der Waals surface area (Å²) in [6, 6.07) is 11.9. The molecule has 0 radical (unpaired) electrons. The third kappa shape index (κ3) is 4.75. The number of anilines is 1. The van der Waals surface area contributed by atoms with Crippen molar-refractivity contribution in [3.05, 3.63) is 47.5 Å². The Balaban J connectivity index is 1.72. The Morgan fingerprint density at radius 1 is 0.931 bits per heavy atom. The Bertz CT molecular complexity index is 804. The van der Waals surface area contributed by atoms with Gasteiger partial charge in [0.1, 0.15) is 0 Å². The predicted octanol–water partition coefficient (Wildman–Crippen LogP) is 3.97. The molecule has 0 saturated carbocycles. The van der Waals surface area contributed by atoms with E-state index in [0.717, 1.165) is 18.7 Å². The maximum absolute atomic E-state index is 13.0. The minimum atomic E-state index is -0.107. The Morgan fingerprint density at radius 2 is 1.52 bits per heavy atom. The second-order valence-electron chi connectivity index (χ2n) is 7.29. The van der Waals surface area contributed by atoms with E-state index in [0.29, 0.717) is 29.4 Å². The number of carbonyl (C=O) groups is 1. The van der Waals surface area contributed by atoms with Gasteiger partial charge in [0.05, 0.1) is 21.3 Å². The van der Waals surface area contributed by atoms with Crippen LogP contribution in [0.4, 0.5) is 5.69 Å². The standard InChI is InChI=1S/C23H30N2O4/c1-24(16-17-8-10-19(11-9-17)25-12-6-5-7-13-25)23(26)18-14-20(27-2)22(29-4)21(15-18)28-3/h8-11,14-15H,5-7,12-13,16H2,1-4H3. The Hall–Kier alpha value is -2.89. The molecular formula is C23H30N2O4. The number of ether oxygens (including phenoxy) is 3. The van der Waals surface area contributed by atoms with Gasteiger partial charge >= 0.3 is 0 Å². The van der Waals surface area contributed by atoms with Gasteiger partial charge in [-0.05, 0) is 49.1 Å². The highest BCUT2D eigenvalue weighted by Crippen LogP contribution is 2.38. The molecule has 0 spiro atoms. The third-order valence-electron chi connectivity index (χ3n) is 5.34. The van der Waals surface area contributed by atoms with E-state index >= 15 is 0 Å². The first-order chi connectivity index (χ1) is 14.1. The monoisotopic (exact) mass is 398 g/mol. The molecule has 2 aromatic rings. The number of amides is 1. The van der Waals surface area contributed by atoms with Crippen LogP contribution in [0.3, 0.4) is 0 Å². The number of rotatable bonds is 7. The summed E-state index contributed by atoms with van der Waals surface area (Å²) in [5.74, 6) is 1.30. The Morgan fingerprint density at radius 3 is 2.03 bits per heavy atom. The number of hydrogen-bond acceptors (Lipinski definition) is 5. The molecule has 1 fully saturated rings. The lowest BCUT2D eigenvalue weighted by Crippen LogP contribution is -2.29. The Labute approximate surface area is 173 Å². The summed E-state index contributed by atoms with van der Waals surface area (Å²) in [7, 11) is 6.42. The first-order valence-electron chi connectivity index (χ1n) is 9.96. The molecule has 1 saturated heterocycles. The average molecular weight is 399 g/mol. The van der Waals surface area contributed by atoms with Crippen molar-refractivity contribution in [2.75, 3.05) is 46.4 Å². The SMILES string of the molecule is COc1cc(C(=O)N(C)Cc2ccc(N3CCCCC3)cc2)cc(OC)c1OC. The van der Waals surface area contributed by atoms with Gasteiger partial charge in [-0.15, -0.1) is 0 Å². The molecule has 0 unspecified atom stereocenters. The normalized spacial score (nSPS) is 13.7. The van der Waals surface area contributed by atoms with Crippen LogP contribution in [0.1, 0.15) is 35.2 Å². The van der Waals surface area contributed by atoms with Crippen LogP contribution in [0, 0.1) is 0 Å². The summed E-state index contributed by atoms with van der Waals surface area (Å²) in [6.45, 7) is 2.77. The minimum Gasteiger partial charge on any atom is -0.493 e. The highest BCUT2D eigenvalue weighted by atomic mass is 16.5. The maximum atomic E-state index is 13.0. The van der Waals surface area contributed by atoms with Crippen molar-refractivity contribution >= 4 is 11.6 Å². The molecule has 0 aliphatic carbocycles. The molecular weight excluding hydrogens is 368 g/mol. The van der Waals surface area contributed by atoms with Gasteiger partial charge in [0.15, 0.2) is 11.5 Å². The van der Waals surface area contributed by atoms with Gasteiger partial charge in [0.2, 0.25) is 5.75 Å². The van der Waals surface area contributed by atoms with E-state index in [-0.39, 0.29) is 5.91 Å². The molecule has 29 heavy (non-hydrogen) atoms. The van der Waals surface area contributed by atoms with Crippen molar-refractivity contribution in [3.8, 4) is 17.2 Å². The lowest BCUT2D eigenvalue weighted by molar-refractivity contribution is 0.0784. The lowest BCUT2D eigenvalue weighted by Gasteiger charge is -2.29. The molecule has 1 aliphatic rings. The van der Waals surface area contributed by atoms with Crippen molar-refractivity contribution in [1.82, 2.24) is 4.90 Å². The van der Waals surface area contributed by atoms with Crippen LogP contribution in [-0.2, 0) is 6.54 Å². The van der Waals surface area contributed by atoms with Crippen molar-refractivity contribution in [3.63, 3.8) is 0 Å². The number of benzene rings is 2. The Kier molecular flexibility index (Phi) is 6.86. The van der Waals surface area contributed by atoms with Gasteiger partial charge in [0, 0.05) is 37.9 Å². The summed E-state index contributed by atoms with van der Waals surface area (Å²) in [5, 5.41) is 0. The quantitative estimate of drug-likeness (QED) is 0.706. The summed E-state index contributed by atoms with van der Waals surface area (Å²) < 4.78 is 16.0. The fourth-order valence-electron chi connectivity index (χ4n) is 3.73. The molecule has 0 N–H and O–H groups in total. The molecule has 1 amide bonds. The first-order valence-corrected chi connectivity index (χ1v) is 9.96. The molecule has 6 heteroatoms. The summed E-state index contributed by atoms with van der Waals surface area (Å²) in [4.78, 5) is 17.1. The van der Waals surface area contributed by atoms with E-state index in [2.05, 4.69) is 29.2 Å². The molecule has 6 nitrogen and oxygen atoms in total. The van der Waals surface area contributed by atoms with Gasteiger partial charge in [-0.25, -0.2) is 0 Å². The van der Waals surface area contributed by atoms with Crippen LogP contribution in [0.25, 0.3) is 0 Å². The van der Waals surface area contributed by atoms with E-state index in [1.807, 2.05) is 0 Å². The average Bonchev–Trinajstić information content (AvgIpc) is 2.78. The second kappa shape index (κ2) is 9.54. The van der Waals surface area contributed by atoms with E-state index in [1.54, 1.807) is 45.4 Å². The number of piperidine rings is 1. The van der Waals surface area contributed by atoms with Gasteiger partial charge in [0.25, 0.3) is 5.91 Å². The molecule has 3 rings (SSSR count). The number of nitrogens with zero attached hydrogens (tertiary/aromatic N) is 2. The van der Waals surface area contributed by atoms with Gasteiger partial charge in [-0.1, -0.05) is 12.1 Å². The number of carbonyl (C=O) groups excluding carboxylic acids is 1. The zero-order valence-corrected chi connectivity index (χ0v) is 17.7. The predicted molar refractivity (Wildman–Crippen MR) is 114 cm³/mol. The van der Waals surface area contributed by atoms with E-state index in [1.165, 1.54) is 24.9 Å². The van der Waals surface area contributed by atoms with Crippen LogP contribution in [0.15, 0.2) is 36.4 Å². The van der Waals surface area contributed by atoms with Crippen LogP contribution in [-0.4, -0.2) is 52.3 Å². The second-order valence-corrected chi connectivity index (χ2v) is 7.29. The smallest absolute Gasteiger partial charge is 0.254 e. The topological polar surface area (TPSA) is 51.2 Å². The van der Waals surface area contributed by atoms with Crippen molar-refractivity contribution in [2.45, 2.75) is 25.8 Å². The fraction of sp³-hybridized carbons (Fsp3) is 0.435. The fourth-order valence-corrected chi connectivity index (χ4v) is 3.73. The van der Waals surface area contributed by atoms with E-state index in [9.17, 15) is 4.79 Å². The zero-order chi connectivity index (χ0) is 20.8. The lowest BCUT2D eigenvalue weighted by atomic mass is 10.1. The summed E-state index contributed by atoms with van der Waals surface area (Å²) in [6.07, 6.45) is 3.84. The largest absolute Gasteiger partial charge is 0.493 e. The molecule has 0 bridgehead atoms. The third-order valence-corrected chi connectivity index (χ3v) is 5.34. The van der Waals surface area contributed by atoms with Crippen molar-refractivity contribution in [1.29, 1.82) is 0 Å².